The maximum atomic E-state index is 10.7. The molecule has 2 aromatic rings. The van der Waals surface area contributed by atoms with Crippen molar-refractivity contribution in [3.05, 3.63) is 75.8 Å². The van der Waals surface area contributed by atoms with E-state index >= 15 is 0 Å². The summed E-state index contributed by atoms with van der Waals surface area (Å²) >= 11 is 0. The molecule has 1 unspecified atom stereocenters. The van der Waals surface area contributed by atoms with Gasteiger partial charge in [0.05, 0.1) is 16.7 Å². The van der Waals surface area contributed by atoms with Gasteiger partial charge in [0.1, 0.15) is 0 Å². The highest BCUT2D eigenvalue weighted by atomic mass is 16.6. The summed E-state index contributed by atoms with van der Waals surface area (Å²) in [5.74, 6) is 0. The van der Waals surface area contributed by atoms with Crippen molar-refractivity contribution >= 4 is 11.4 Å². The first kappa shape index (κ1) is 13.3. The molecule has 0 aromatic heterocycles. The molecule has 1 aliphatic heterocycles. The van der Waals surface area contributed by atoms with Crippen LogP contribution in [-0.2, 0) is 0 Å². The van der Waals surface area contributed by atoms with Crippen LogP contribution in [0.25, 0.3) is 0 Å². The van der Waals surface area contributed by atoms with Crippen molar-refractivity contribution in [2.45, 2.75) is 12.5 Å². The molecule has 106 valence electrons. The van der Waals surface area contributed by atoms with E-state index in [0.717, 1.165) is 23.3 Å². The molecule has 0 spiro atoms. The SMILES string of the molecule is CN1N=C(c2ccccc2)CC1c1ccc([N+](=O)[O-])cc1. The second kappa shape index (κ2) is 5.36. The number of nitrogens with zero attached hydrogens (tertiary/aromatic N) is 3. The van der Waals surface area contributed by atoms with Crippen LogP contribution in [0.3, 0.4) is 0 Å². The summed E-state index contributed by atoms with van der Waals surface area (Å²) < 4.78 is 0. The lowest BCUT2D eigenvalue weighted by Gasteiger charge is -2.18. The minimum absolute atomic E-state index is 0.114. The highest BCUT2D eigenvalue weighted by molar-refractivity contribution is 6.01. The van der Waals surface area contributed by atoms with E-state index in [1.54, 1.807) is 12.1 Å². The molecule has 3 rings (SSSR count). The van der Waals surface area contributed by atoms with Crippen LogP contribution in [0.4, 0.5) is 5.69 Å². The average molecular weight is 281 g/mol. The van der Waals surface area contributed by atoms with Crippen LogP contribution in [0, 0.1) is 10.1 Å². The van der Waals surface area contributed by atoms with Crippen LogP contribution in [0.1, 0.15) is 23.6 Å². The van der Waals surface area contributed by atoms with Gasteiger partial charge in [-0.25, -0.2) is 0 Å². The van der Waals surface area contributed by atoms with Gasteiger partial charge in [-0.3, -0.25) is 15.1 Å². The molecule has 5 heteroatoms. The molecule has 21 heavy (non-hydrogen) atoms. The lowest BCUT2D eigenvalue weighted by atomic mass is 9.98. The van der Waals surface area contributed by atoms with Gasteiger partial charge < -0.3 is 0 Å². The summed E-state index contributed by atoms with van der Waals surface area (Å²) in [6.45, 7) is 0. The molecular weight excluding hydrogens is 266 g/mol. The van der Waals surface area contributed by atoms with Crippen molar-refractivity contribution in [1.29, 1.82) is 0 Å². The summed E-state index contributed by atoms with van der Waals surface area (Å²) in [6.07, 6.45) is 0.804. The van der Waals surface area contributed by atoms with Crippen LogP contribution in [0.2, 0.25) is 0 Å². The van der Waals surface area contributed by atoms with Gasteiger partial charge in [0.2, 0.25) is 0 Å². The number of hydrazone groups is 1. The van der Waals surface area contributed by atoms with Crippen LogP contribution < -0.4 is 0 Å². The first-order valence-electron chi connectivity index (χ1n) is 6.75. The van der Waals surface area contributed by atoms with E-state index in [1.165, 1.54) is 0 Å². The molecule has 2 aromatic carbocycles. The Morgan fingerprint density at radius 2 is 1.81 bits per heavy atom. The third kappa shape index (κ3) is 2.63. The zero-order valence-electron chi connectivity index (χ0n) is 11.6. The van der Waals surface area contributed by atoms with E-state index in [1.807, 2.05) is 54.5 Å². The second-order valence-corrected chi connectivity index (χ2v) is 5.05. The van der Waals surface area contributed by atoms with Crippen LogP contribution in [0.15, 0.2) is 59.7 Å². The van der Waals surface area contributed by atoms with Crippen molar-refractivity contribution in [1.82, 2.24) is 5.01 Å². The summed E-state index contributed by atoms with van der Waals surface area (Å²) in [4.78, 5) is 10.3. The molecule has 1 aliphatic rings. The lowest BCUT2D eigenvalue weighted by molar-refractivity contribution is -0.384. The molecule has 0 saturated carbocycles. The Morgan fingerprint density at radius 1 is 1.14 bits per heavy atom. The Balaban J connectivity index is 1.81. The number of hydrogen-bond acceptors (Lipinski definition) is 4. The summed E-state index contributed by atoms with van der Waals surface area (Å²) in [5.41, 5.74) is 3.32. The Kier molecular flexibility index (Phi) is 3.39. The van der Waals surface area contributed by atoms with Gasteiger partial charge in [-0.15, -0.1) is 0 Å². The molecule has 0 saturated heterocycles. The molecule has 0 amide bonds. The lowest BCUT2D eigenvalue weighted by Crippen LogP contribution is -2.13. The van der Waals surface area contributed by atoms with Gasteiger partial charge in [0.15, 0.2) is 0 Å². The number of benzene rings is 2. The van der Waals surface area contributed by atoms with E-state index in [2.05, 4.69) is 5.10 Å². The Morgan fingerprint density at radius 3 is 2.43 bits per heavy atom. The van der Waals surface area contributed by atoms with Crippen molar-refractivity contribution in [2.24, 2.45) is 5.10 Å². The van der Waals surface area contributed by atoms with Gasteiger partial charge in [-0.2, -0.15) is 5.10 Å². The third-order valence-corrected chi connectivity index (χ3v) is 3.71. The van der Waals surface area contributed by atoms with Crippen molar-refractivity contribution < 1.29 is 4.92 Å². The zero-order chi connectivity index (χ0) is 14.8. The van der Waals surface area contributed by atoms with Gasteiger partial charge in [0.25, 0.3) is 5.69 Å². The van der Waals surface area contributed by atoms with Crippen LogP contribution in [0.5, 0.6) is 0 Å². The first-order valence-corrected chi connectivity index (χ1v) is 6.75. The van der Waals surface area contributed by atoms with E-state index in [-0.39, 0.29) is 16.7 Å². The van der Waals surface area contributed by atoms with Crippen molar-refractivity contribution in [3.63, 3.8) is 0 Å². The largest absolute Gasteiger partial charge is 0.292 e. The normalized spacial score (nSPS) is 17.7. The molecule has 5 nitrogen and oxygen atoms in total. The van der Waals surface area contributed by atoms with E-state index in [0.29, 0.717) is 0 Å². The molecule has 0 fully saturated rings. The smallest absolute Gasteiger partial charge is 0.269 e. The number of hydrogen-bond donors (Lipinski definition) is 0. The minimum Gasteiger partial charge on any atom is -0.292 e. The quantitative estimate of drug-likeness (QED) is 0.640. The monoisotopic (exact) mass is 281 g/mol. The average Bonchev–Trinajstić information content (AvgIpc) is 2.90. The Bertz CT molecular complexity index is 680. The number of non-ortho nitro benzene ring substituents is 1. The highest BCUT2D eigenvalue weighted by Crippen LogP contribution is 2.31. The van der Waals surface area contributed by atoms with E-state index in [4.69, 9.17) is 0 Å². The Labute approximate surface area is 122 Å². The van der Waals surface area contributed by atoms with Gasteiger partial charge >= 0.3 is 0 Å². The highest BCUT2D eigenvalue weighted by Gasteiger charge is 2.26. The third-order valence-electron chi connectivity index (χ3n) is 3.71. The minimum atomic E-state index is -0.381. The predicted octanol–water partition coefficient (Wildman–Crippen LogP) is 3.38. The zero-order valence-corrected chi connectivity index (χ0v) is 11.6. The first-order chi connectivity index (χ1) is 10.1. The molecular formula is C16H15N3O2. The number of nitro groups is 1. The van der Waals surface area contributed by atoms with Gasteiger partial charge in [0, 0.05) is 25.6 Å². The second-order valence-electron chi connectivity index (χ2n) is 5.05. The van der Waals surface area contributed by atoms with E-state index < -0.39 is 0 Å². The van der Waals surface area contributed by atoms with Crippen molar-refractivity contribution in [3.8, 4) is 0 Å². The fraction of sp³-hybridized carbons (Fsp3) is 0.188. The molecule has 1 atom stereocenters. The van der Waals surface area contributed by atoms with Crippen LogP contribution >= 0.6 is 0 Å². The summed E-state index contributed by atoms with van der Waals surface area (Å²) in [5, 5.41) is 17.2. The topological polar surface area (TPSA) is 58.7 Å². The standard InChI is InChI=1S/C16H15N3O2/c1-18-16(13-7-9-14(10-8-13)19(20)21)11-15(17-18)12-5-3-2-4-6-12/h2-10,16H,11H2,1H3. The molecule has 1 heterocycles. The maximum Gasteiger partial charge on any atom is 0.269 e. The van der Waals surface area contributed by atoms with Gasteiger partial charge in [-0.1, -0.05) is 42.5 Å². The fourth-order valence-corrected chi connectivity index (χ4v) is 2.57. The number of rotatable bonds is 3. The molecule has 0 bridgehead atoms. The number of nitro benzene ring substituents is 1. The van der Waals surface area contributed by atoms with Crippen molar-refractivity contribution in [2.75, 3.05) is 7.05 Å². The Hall–Kier alpha value is -2.69. The predicted molar refractivity (Wildman–Crippen MR) is 81.2 cm³/mol. The van der Waals surface area contributed by atoms with E-state index in [9.17, 15) is 10.1 Å². The fourth-order valence-electron chi connectivity index (χ4n) is 2.57. The molecule has 0 radical (unpaired) electrons. The maximum absolute atomic E-state index is 10.7. The van der Waals surface area contributed by atoms with Gasteiger partial charge in [-0.05, 0) is 11.1 Å². The summed E-state index contributed by atoms with van der Waals surface area (Å²) in [7, 11) is 1.93. The molecule has 0 N–H and O–H groups in total. The van der Waals surface area contributed by atoms with Crippen LogP contribution in [-0.4, -0.2) is 22.7 Å². The summed E-state index contributed by atoms with van der Waals surface area (Å²) in [6, 6.07) is 16.9. The molecule has 0 aliphatic carbocycles.